The molecule has 1 aliphatic rings. The first kappa shape index (κ1) is 20.5. The van der Waals surface area contributed by atoms with Gasteiger partial charge in [-0.15, -0.1) is 0 Å². The van der Waals surface area contributed by atoms with Gasteiger partial charge in [-0.25, -0.2) is 8.42 Å². The molecule has 1 amide bonds. The Labute approximate surface area is 167 Å². The van der Waals surface area contributed by atoms with E-state index in [1.54, 1.807) is 24.5 Å². The average Bonchev–Trinajstić information content (AvgIpc) is 2.73. The maximum atomic E-state index is 12.9. The number of nitrogens with zero attached hydrogens (tertiary/aromatic N) is 2. The third-order valence-corrected chi connectivity index (χ3v) is 7.11. The van der Waals surface area contributed by atoms with Crippen molar-refractivity contribution >= 4 is 15.9 Å². The maximum absolute atomic E-state index is 12.9. The highest BCUT2D eigenvalue weighted by Crippen LogP contribution is 2.25. The highest BCUT2D eigenvalue weighted by Gasteiger charge is 2.32. The van der Waals surface area contributed by atoms with Crippen LogP contribution in [0.3, 0.4) is 0 Å². The number of benzene rings is 1. The molecule has 0 spiro atoms. The number of carbonyl (C=O) groups excluding carboxylic acids is 1. The van der Waals surface area contributed by atoms with Gasteiger partial charge in [0.05, 0.1) is 4.90 Å². The minimum atomic E-state index is -3.52. The first-order valence-corrected chi connectivity index (χ1v) is 11.1. The molecule has 1 aromatic carbocycles. The van der Waals surface area contributed by atoms with Crippen LogP contribution < -0.4 is 5.32 Å². The average molecular weight is 402 g/mol. The van der Waals surface area contributed by atoms with E-state index in [0.29, 0.717) is 43.3 Å². The number of hydrogen-bond donors (Lipinski definition) is 1. The van der Waals surface area contributed by atoms with E-state index in [9.17, 15) is 13.2 Å². The van der Waals surface area contributed by atoms with E-state index in [1.165, 1.54) is 4.31 Å². The van der Waals surface area contributed by atoms with Crippen LogP contribution in [0.5, 0.6) is 0 Å². The van der Waals surface area contributed by atoms with Gasteiger partial charge in [-0.05, 0) is 48.1 Å². The van der Waals surface area contributed by atoms with Gasteiger partial charge in [-0.2, -0.15) is 4.31 Å². The Morgan fingerprint density at radius 3 is 2.43 bits per heavy atom. The highest BCUT2D eigenvalue weighted by molar-refractivity contribution is 7.89. The lowest BCUT2D eigenvalue weighted by Gasteiger charge is -2.30. The number of aromatic nitrogens is 1. The zero-order valence-corrected chi connectivity index (χ0v) is 17.2. The van der Waals surface area contributed by atoms with Crippen LogP contribution in [0.25, 0.3) is 0 Å². The second kappa shape index (κ2) is 8.84. The molecule has 0 radical (unpaired) electrons. The lowest BCUT2D eigenvalue weighted by molar-refractivity contribution is -0.126. The van der Waals surface area contributed by atoms with Crippen molar-refractivity contribution in [1.82, 2.24) is 14.6 Å². The molecule has 1 N–H and O–H groups in total. The number of rotatable bonds is 6. The van der Waals surface area contributed by atoms with Crippen LogP contribution in [0.4, 0.5) is 0 Å². The third kappa shape index (κ3) is 4.77. The summed E-state index contributed by atoms with van der Waals surface area (Å²) in [6, 6.07) is 10.8. The molecular weight excluding hydrogens is 374 g/mol. The summed E-state index contributed by atoms with van der Waals surface area (Å²) in [5.74, 6) is 0.173. The van der Waals surface area contributed by atoms with Crippen molar-refractivity contribution in [3.8, 4) is 0 Å². The fourth-order valence-corrected chi connectivity index (χ4v) is 4.84. The Kier molecular flexibility index (Phi) is 6.46. The van der Waals surface area contributed by atoms with Crippen LogP contribution in [-0.4, -0.2) is 36.7 Å². The molecule has 0 unspecified atom stereocenters. The summed E-state index contributed by atoms with van der Waals surface area (Å²) in [6.07, 6.45) is 4.47. The van der Waals surface area contributed by atoms with Crippen LogP contribution in [0.2, 0.25) is 0 Å². The molecule has 2 aromatic rings. The maximum Gasteiger partial charge on any atom is 0.243 e. The van der Waals surface area contributed by atoms with Gasteiger partial charge in [0.2, 0.25) is 15.9 Å². The zero-order valence-electron chi connectivity index (χ0n) is 16.3. The van der Waals surface area contributed by atoms with Gasteiger partial charge in [0.15, 0.2) is 0 Å². The Bertz CT molecular complexity index is 888. The van der Waals surface area contributed by atoms with Crippen molar-refractivity contribution < 1.29 is 13.2 Å². The van der Waals surface area contributed by atoms with Gasteiger partial charge in [0.25, 0.3) is 0 Å². The monoisotopic (exact) mass is 401 g/mol. The molecule has 1 fully saturated rings. The molecule has 1 saturated heterocycles. The van der Waals surface area contributed by atoms with E-state index in [4.69, 9.17) is 0 Å². The van der Waals surface area contributed by atoms with Crippen LogP contribution >= 0.6 is 0 Å². The smallest absolute Gasteiger partial charge is 0.243 e. The number of nitrogens with one attached hydrogen (secondary N) is 1. The van der Waals surface area contributed by atoms with E-state index in [1.807, 2.05) is 24.3 Å². The second-order valence-electron chi connectivity index (χ2n) is 7.48. The van der Waals surface area contributed by atoms with Crippen molar-refractivity contribution in [3.63, 3.8) is 0 Å². The van der Waals surface area contributed by atoms with Gasteiger partial charge in [0.1, 0.15) is 0 Å². The van der Waals surface area contributed by atoms with Crippen molar-refractivity contribution in [2.45, 2.75) is 44.0 Å². The van der Waals surface area contributed by atoms with Gasteiger partial charge < -0.3 is 5.32 Å². The lowest BCUT2D eigenvalue weighted by atomic mass is 9.97. The molecule has 2 heterocycles. The fourth-order valence-electron chi connectivity index (χ4n) is 3.37. The predicted molar refractivity (Wildman–Crippen MR) is 108 cm³/mol. The molecule has 0 saturated carbocycles. The Morgan fingerprint density at radius 2 is 1.86 bits per heavy atom. The van der Waals surface area contributed by atoms with E-state index >= 15 is 0 Å². The summed E-state index contributed by atoms with van der Waals surface area (Å²) in [5.41, 5.74) is 2.06. The first-order valence-electron chi connectivity index (χ1n) is 9.64. The minimum absolute atomic E-state index is 0.0258. The number of sulfonamides is 1. The van der Waals surface area contributed by atoms with Crippen molar-refractivity contribution in [1.29, 1.82) is 0 Å². The molecule has 0 aliphatic carbocycles. The largest absolute Gasteiger partial charge is 0.352 e. The predicted octanol–water partition coefficient (Wildman–Crippen LogP) is 2.92. The normalized spacial score (nSPS) is 16.2. The van der Waals surface area contributed by atoms with Crippen molar-refractivity contribution in [3.05, 3.63) is 59.9 Å². The van der Waals surface area contributed by atoms with Gasteiger partial charge in [-0.3, -0.25) is 9.78 Å². The topological polar surface area (TPSA) is 79.4 Å². The summed E-state index contributed by atoms with van der Waals surface area (Å²) < 4.78 is 27.2. The first-order chi connectivity index (χ1) is 13.4. The molecule has 6 nitrogen and oxygen atoms in total. The molecule has 150 valence electrons. The Morgan fingerprint density at radius 1 is 1.18 bits per heavy atom. The summed E-state index contributed by atoms with van der Waals surface area (Å²) in [6.45, 7) is 5.31. The molecule has 28 heavy (non-hydrogen) atoms. The van der Waals surface area contributed by atoms with Crippen molar-refractivity contribution in [2.75, 3.05) is 13.1 Å². The summed E-state index contributed by atoms with van der Waals surface area (Å²) >= 11 is 0. The molecule has 1 aromatic heterocycles. The molecule has 0 bridgehead atoms. The van der Waals surface area contributed by atoms with Gasteiger partial charge in [0, 0.05) is 37.9 Å². The number of pyridine rings is 1. The summed E-state index contributed by atoms with van der Waals surface area (Å²) in [5, 5.41) is 2.92. The van der Waals surface area contributed by atoms with Crippen LogP contribution in [0.15, 0.2) is 53.7 Å². The Balaban J connectivity index is 1.55. The minimum Gasteiger partial charge on any atom is -0.352 e. The fraction of sp³-hybridized carbons (Fsp3) is 0.429. The molecule has 3 rings (SSSR count). The van der Waals surface area contributed by atoms with Crippen LogP contribution in [-0.2, 0) is 21.4 Å². The standard InChI is InChI=1S/C21H27N3O3S/c1-16(2)18-5-7-20(8-6-18)28(26,27)24-12-9-19(10-13-24)21(25)23-15-17-4-3-11-22-14-17/h3-8,11,14,16,19H,9-10,12-13,15H2,1-2H3,(H,23,25). The number of hydrogen-bond acceptors (Lipinski definition) is 4. The lowest BCUT2D eigenvalue weighted by Crippen LogP contribution is -2.42. The molecule has 7 heteroatoms. The van der Waals surface area contributed by atoms with E-state index < -0.39 is 10.0 Å². The van der Waals surface area contributed by atoms with E-state index in [-0.39, 0.29) is 11.8 Å². The number of piperidine rings is 1. The number of amides is 1. The van der Waals surface area contributed by atoms with E-state index in [2.05, 4.69) is 24.1 Å². The third-order valence-electron chi connectivity index (χ3n) is 5.20. The Hall–Kier alpha value is -2.25. The molecular formula is C21H27N3O3S. The summed E-state index contributed by atoms with van der Waals surface area (Å²) in [7, 11) is -3.52. The molecule has 0 atom stereocenters. The quantitative estimate of drug-likeness (QED) is 0.807. The summed E-state index contributed by atoms with van der Waals surface area (Å²) in [4.78, 5) is 16.7. The molecule has 1 aliphatic heterocycles. The van der Waals surface area contributed by atoms with Gasteiger partial charge in [-0.1, -0.05) is 32.0 Å². The van der Waals surface area contributed by atoms with Crippen molar-refractivity contribution in [2.24, 2.45) is 5.92 Å². The second-order valence-corrected chi connectivity index (χ2v) is 9.42. The van der Waals surface area contributed by atoms with Gasteiger partial charge >= 0.3 is 0 Å². The van der Waals surface area contributed by atoms with Crippen LogP contribution in [0, 0.1) is 5.92 Å². The number of carbonyl (C=O) groups is 1. The zero-order chi connectivity index (χ0) is 20.1. The highest BCUT2D eigenvalue weighted by atomic mass is 32.2. The van der Waals surface area contributed by atoms with E-state index in [0.717, 1.165) is 11.1 Å². The van der Waals surface area contributed by atoms with Crippen LogP contribution in [0.1, 0.15) is 43.7 Å². The SMILES string of the molecule is CC(C)c1ccc(S(=O)(=O)N2CCC(C(=O)NCc3cccnc3)CC2)cc1.